The fourth-order valence-electron chi connectivity index (χ4n) is 5.39. The Morgan fingerprint density at radius 2 is 1.48 bits per heavy atom. The molecule has 1 atom stereocenters. The summed E-state index contributed by atoms with van der Waals surface area (Å²) in [5.74, 6) is -1.23. The van der Waals surface area contributed by atoms with E-state index < -0.39 is 18.1 Å². The zero-order valence-corrected chi connectivity index (χ0v) is 23.4. The van der Waals surface area contributed by atoms with Gasteiger partial charge >= 0.3 is 12.1 Å². The van der Waals surface area contributed by atoms with E-state index in [1.165, 1.54) is 0 Å². The van der Waals surface area contributed by atoms with E-state index in [9.17, 15) is 19.5 Å². The number of carbonyl (C=O) groups is 3. The van der Waals surface area contributed by atoms with Crippen molar-refractivity contribution in [3.8, 4) is 11.1 Å². The molecule has 4 rings (SSSR count). The summed E-state index contributed by atoms with van der Waals surface area (Å²) in [6.45, 7) is 6.74. The molecule has 210 valence electrons. The minimum Gasteiger partial charge on any atom is -0.481 e. The monoisotopic (exact) mass is 542 g/mol. The lowest BCUT2D eigenvalue weighted by Crippen LogP contribution is -2.43. The summed E-state index contributed by atoms with van der Waals surface area (Å²) in [4.78, 5) is 39.3. The van der Waals surface area contributed by atoms with Gasteiger partial charge in [-0.3, -0.25) is 9.59 Å². The van der Waals surface area contributed by atoms with E-state index in [4.69, 9.17) is 4.74 Å². The number of nitrogens with zero attached hydrogens (tertiary/aromatic N) is 1. The summed E-state index contributed by atoms with van der Waals surface area (Å²) in [5.41, 5.74) is 5.33. The molecule has 0 bridgehead atoms. The van der Waals surface area contributed by atoms with Crippen LogP contribution in [0.3, 0.4) is 0 Å². The third-order valence-electron chi connectivity index (χ3n) is 7.11. The predicted molar refractivity (Wildman–Crippen MR) is 155 cm³/mol. The van der Waals surface area contributed by atoms with Gasteiger partial charge in [0, 0.05) is 31.5 Å². The van der Waals surface area contributed by atoms with Crippen LogP contribution < -0.4 is 5.32 Å². The van der Waals surface area contributed by atoms with Gasteiger partial charge in [-0.15, -0.1) is 0 Å². The van der Waals surface area contributed by atoms with Crippen LogP contribution in [-0.4, -0.2) is 47.2 Å². The topological polar surface area (TPSA) is 95.9 Å². The standard InChI is InChI=1S/C33H38N2O5/c1-33(2,3)20-24(19-30(36)35(18-17-31(37)38)21-23-11-5-4-6-12-23)34-32(39)40-22-29-27-15-9-7-13-25(27)26-14-8-10-16-28(26)29/h4-16,24,29H,17-22H2,1-3H3,(H,34,39)(H,37,38). The maximum absolute atomic E-state index is 13.4. The maximum Gasteiger partial charge on any atom is 0.407 e. The molecule has 0 heterocycles. The molecule has 0 spiro atoms. The molecule has 0 saturated heterocycles. The van der Waals surface area contributed by atoms with Crippen LogP contribution in [0, 0.1) is 5.41 Å². The molecular formula is C33H38N2O5. The fourth-order valence-corrected chi connectivity index (χ4v) is 5.39. The first-order chi connectivity index (χ1) is 19.1. The van der Waals surface area contributed by atoms with Crippen molar-refractivity contribution in [3.05, 3.63) is 95.6 Å². The lowest BCUT2D eigenvalue weighted by atomic mass is 9.87. The molecule has 0 aliphatic heterocycles. The van der Waals surface area contributed by atoms with Crippen molar-refractivity contribution >= 4 is 18.0 Å². The highest BCUT2D eigenvalue weighted by molar-refractivity contribution is 5.80. The highest BCUT2D eigenvalue weighted by atomic mass is 16.5. The first kappa shape index (κ1) is 28.9. The van der Waals surface area contributed by atoms with E-state index >= 15 is 0 Å². The van der Waals surface area contributed by atoms with Gasteiger partial charge in [0.2, 0.25) is 5.91 Å². The van der Waals surface area contributed by atoms with Crippen molar-refractivity contribution in [2.75, 3.05) is 13.2 Å². The summed E-state index contributed by atoms with van der Waals surface area (Å²) in [5, 5.41) is 12.2. The van der Waals surface area contributed by atoms with Crippen molar-refractivity contribution in [2.45, 2.75) is 58.5 Å². The SMILES string of the molecule is CC(C)(C)CC(CC(=O)N(CCC(=O)O)Cc1ccccc1)NC(=O)OCC1c2ccccc2-c2ccccc21. The smallest absolute Gasteiger partial charge is 0.407 e. The molecule has 7 nitrogen and oxygen atoms in total. The minimum absolute atomic E-state index is 0.0495. The summed E-state index contributed by atoms with van der Waals surface area (Å²) in [6.07, 6.45) is -0.110. The Bertz CT molecular complexity index is 1290. The van der Waals surface area contributed by atoms with Crippen LogP contribution in [0.4, 0.5) is 4.79 Å². The second kappa shape index (κ2) is 12.8. The number of benzene rings is 3. The van der Waals surface area contributed by atoms with E-state index in [0.29, 0.717) is 13.0 Å². The molecule has 1 aliphatic rings. The number of hydrogen-bond acceptors (Lipinski definition) is 4. The summed E-state index contributed by atoms with van der Waals surface area (Å²) in [7, 11) is 0. The minimum atomic E-state index is -0.964. The van der Waals surface area contributed by atoms with Gasteiger partial charge in [-0.05, 0) is 39.7 Å². The molecule has 0 fully saturated rings. The quantitative estimate of drug-likeness (QED) is 0.300. The van der Waals surface area contributed by atoms with Gasteiger partial charge in [-0.1, -0.05) is 99.6 Å². The van der Waals surface area contributed by atoms with Crippen LogP contribution in [0.1, 0.15) is 62.6 Å². The second-order valence-corrected chi connectivity index (χ2v) is 11.6. The first-order valence-corrected chi connectivity index (χ1v) is 13.8. The molecule has 0 radical (unpaired) electrons. The molecule has 40 heavy (non-hydrogen) atoms. The van der Waals surface area contributed by atoms with Gasteiger partial charge in [0.05, 0.1) is 6.42 Å². The van der Waals surface area contributed by atoms with E-state index in [1.807, 2.05) is 54.6 Å². The predicted octanol–water partition coefficient (Wildman–Crippen LogP) is 6.22. The molecule has 0 aromatic heterocycles. The van der Waals surface area contributed by atoms with Gasteiger partial charge in [0.1, 0.15) is 6.61 Å². The van der Waals surface area contributed by atoms with Crippen LogP contribution in [0.25, 0.3) is 11.1 Å². The van der Waals surface area contributed by atoms with Gasteiger partial charge in [0.15, 0.2) is 0 Å². The highest BCUT2D eigenvalue weighted by Crippen LogP contribution is 2.44. The molecule has 0 saturated carbocycles. The molecule has 2 amide bonds. The van der Waals surface area contributed by atoms with Gasteiger partial charge in [-0.25, -0.2) is 4.79 Å². The van der Waals surface area contributed by atoms with Crippen molar-refractivity contribution in [2.24, 2.45) is 5.41 Å². The molecular weight excluding hydrogens is 504 g/mol. The number of carbonyl (C=O) groups excluding carboxylic acids is 2. The number of amides is 2. The number of carboxylic acids is 1. The number of carboxylic acid groups (broad SMARTS) is 1. The number of fused-ring (bicyclic) bond motifs is 3. The van der Waals surface area contributed by atoms with Gasteiger partial charge in [-0.2, -0.15) is 0 Å². The van der Waals surface area contributed by atoms with E-state index in [0.717, 1.165) is 27.8 Å². The Morgan fingerprint density at radius 3 is 2.05 bits per heavy atom. The molecule has 2 N–H and O–H groups in total. The summed E-state index contributed by atoms with van der Waals surface area (Å²) in [6, 6.07) is 25.3. The average Bonchev–Trinajstić information content (AvgIpc) is 3.23. The Hall–Kier alpha value is -4.13. The van der Waals surface area contributed by atoms with Crippen LogP contribution in [0.2, 0.25) is 0 Å². The Balaban J connectivity index is 1.43. The summed E-state index contributed by atoms with van der Waals surface area (Å²) >= 11 is 0. The zero-order chi connectivity index (χ0) is 28.7. The van der Waals surface area contributed by atoms with Gasteiger partial charge in [0.25, 0.3) is 0 Å². The molecule has 7 heteroatoms. The van der Waals surface area contributed by atoms with Crippen molar-refractivity contribution < 1.29 is 24.2 Å². The lowest BCUT2D eigenvalue weighted by molar-refractivity contribution is -0.138. The van der Waals surface area contributed by atoms with E-state index in [1.54, 1.807) is 4.90 Å². The number of nitrogens with one attached hydrogen (secondary N) is 1. The highest BCUT2D eigenvalue weighted by Gasteiger charge is 2.30. The number of rotatable bonds is 11. The van der Waals surface area contributed by atoms with Crippen LogP contribution in [0.15, 0.2) is 78.9 Å². The largest absolute Gasteiger partial charge is 0.481 e. The van der Waals surface area contributed by atoms with Crippen molar-refractivity contribution in [1.29, 1.82) is 0 Å². The number of aliphatic carboxylic acids is 1. The fraction of sp³-hybridized carbons (Fsp3) is 0.364. The Labute approximate surface area is 236 Å². The van der Waals surface area contributed by atoms with Crippen LogP contribution in [0.5, 0.6) is 0 Å². The third kappa shape index (κ3) is 7.72. The third-order valence-corrected chi connectivity index (χ3v) is 7.11. The normalized spacial score (nSPS) is 13.2. The number of hydrogen-bond donors (Lipinski definition) is 2. The summed E-state index contributed by atoms with van der Waals surface area (Å²) < 4.78 is 5.75. The lowest BCUT2D eigenvalue weighted by Gasteiger charge is -2.29. The van der Waals surface area contributed by atoms with Crippen LogP contribution in [-0.2, 0) is 20.9 Å². The molecule has 1 unspecified atom stereocenters. The Kier molecular flexibility index (Phi) is 9.25. The molecule has 1 aliphatic carbocycles. The number of alkyl carbamates (subject to hydrolysis) is 1. The van der Waals surface area contributed by atoms with Crippen molar-refractivity contribution in [1.82, 2.24) is 10.2 Å². The molecule has 3 aromatic rings. The average molecular weight is 543 g/mol. The Morgan fingerprint density at radius 1 is 0.900 bits per heavy atom. The van der Waals surface area contributed by atoms with E-state index in [-0.39, 0.29) is 43.2 Å². The number of ether oxygens (including phenoxy) is 1. The second-order valence-electron chi connectivity index (χ2n) is 11.6. The first-order valence-electron chi connectivity index (χ1n) is 13.8. The van der Waals surface area contributed by atoms with Gasteiger partial charge < -0.3 is 20.1 Å². The molecule has 3 aromatic carbocycles. The van der Waals surface area contributed by atoms with Crippen LogP contribution >= 0.6 is 0 Å². The maximum atomic E-state index is 13.4. The van der Waals surface area contributed by atoms with Crippen molar-refractivity contribution in [3.63, 3.8) is 0 Å². The van der Waals surface area contributed by atoms with E-state index in [2.05, 4.69) is 50.4 Å². The zero-order valence-electron chi connectivity index (χ0n) is 23.4.